The van der Waals surface area contributed by atoms with Gasteiger partial charge in [-0.1, -0.05) is 25.7 Å². The summed E-state index contributed by atoms with van der Waals surface area (Å²) >= 11 is 0. The molecule has 2 aliphatic rings. The summed E-state index contributed by atoms with van der Waals surface area (Å²) in [7, 11) is 1.94. The van der Waals surface area contributed by atoms with Crippen molar-refractivity contribution in [3.63, 3.8) is 0 Å². The van der Waals surface area contributed by atoms with E-state index in [9.17, 15) is 4.79 Å². The van der Waals surface area contributed by atoms with Gasteiger partial charge < -0.3 is 10.6 Å². The van der Waals surface area contributed by atoms with Gasteiger partial charge in [0, 0.05) is 13.1 Å². The van der Waals surface area contributed by atoms with Gasteiger partial charge in [0.25, 0.3) is 0 Å². The Hall–Kier alpha value is -0.570. The van der Waals surface area contributed by atoms with Gasteiger partial charge in [-0.2, -0.15) is 0 Å². The first-order valence-electron chi connectivity index (χ1n) is 6.20. The Morgan fingerprint density at radius 2 is 1.73 bits per heavy atom. The minimum Gasteiger partial charge on any atom is -0.341 e. The highest BCUT2D eigenvalue weighted by Gasteiger charge is 2.40. The molecular weight excluding hydrogens is 188 g/mol. The van der Waals surface area contributed by atoms with Gasteiger partial charge in [-0.25, -0.2) is 0 Å². The molecule has 2 N–H and O–H groups in total. The van der Waals surface area contributed by atoms with Crippen LogP contribution in [0.3, 0.4) is 0 Å². The number of carbonyl (C=O) groups excluding carboxylic acids is 1. The Bertz CT molecular complexity index is 240. The summed E-state index contributed by atoms with van der Waals surface area (Å²) < 4.78 is 0. The lowest BCUT2D eigenvalue weighted by molar-refractivity contribution is -0.137. The third-order valence-electron chi connectivity index (χ3n) is 4.11. The van der Waals surface area contributed by atoms with Gasteiger partial charge in [0.1, 0.15) is 0 Å². The lowest BCUT2D eigenvalue weighted by atomic mass is 9.96. The number of carbonyl (C=O) groups is 1. The van der Waals surface area contributed by atoms with Crippen molar-refractivity contribution in [1.29, 1.82) is 0 Å². The predicted molar refractivity (Wildman–Crippen MR) is 60.4 cm³/mol. The fraction of sp³-hybridized carbons (Fsp3) is 0.917. The Morgan fingerprint density at radius 3 is 2.27 bits per heavy atom. The summed E-state index contributed by atoms with van der Waals surface area (Å²) in [5, 5.41) is 0. The normalized spacial score (nSPS) is 25.7. The highest BCUT2D eigenvalue weighted by molar-refractivity contribution is 5.86. The molecule has 0 heterocycles. The minimum atomic E-state index is -0.530. The molecule has 0 aromatic heterocycles. The molecule has 0 aliphatic heterocycles. The quantitative estimate of drug-likeness (QED) is 0.753. The molecule has 0 bridgehead atoms. The van der Waals surface area contributed by atoms with Crippen molar-refractivity contribution in [2.24, 2.45) is 5.73 Å². The van der Waals surface area contributed by atoms with Crippen LogP contribution in [0.2, 0.25) is 0 Å². The maximum atomic E-state index is 12.3. The topological polar surface area (TPSA) is 46.3 Å². The van der Waals surface area contributed by atoms with Crippen LogP contribution >= 0.6 is 0 Å². The van der Waals surface area contributed by atoms with Crippen LogP contribution in [-0.2, 0) is 4.79 Å². The standard InChI is InChI=1S/C12H22N2O/c1-14(10-6-2-3-7-10)11(15)12(13)8-4-5-9-12/h10H,2-9,13H2,1H3. The van der Waals surface area contributed by atoms with Gasteiger partial charge in [-0.3, -0.25) is 4.79 Å². The summed E-state index contributed by atoms with van der Waals surface area (Å²) in [6.45, 7) is 0. The van der Waals surface area contributed by atoms with Gasteiger partial charge >= 0.3 is 0 Å². The summed E-state index contributed by atoms with van der Waals surface area (Å²) in [5.74, 6) is 0.187. The molecule has 0 radical (unpaired) electrons. The average molecular weight is 210 g/mol. The second-order valence-electron chi connectivity index (χ2n) is 5.22. The van der Waals surface area contributed by atoms with Crippen LogP contribution in [0.1, 0.15) is 51.4 Å². The molecule has 0 atom stereocenters. The second-order valence-corrected chi connectivity index (χ2v) is 5.22. The van der Waals surface area contributed by atoms with Crippen LogP contribution in [0, 0.1) is 0 Å². The Balaban J connectivity index is 1.99. The molecule has 2 aliphatic carbocycles. The number of nitrogens with two attached hydrogens (primary N) is 1. The Kier molecular flexibility index (Phi) is 3.01. The average Bonchev–Trinajstić information content (AvgIpc) is 2.86. The van der Waals surface area contributed by atoms with Crippen LogP contribution in [-0.4, -0.2) is 29.4 Å². The largest absolute Gasteiger partial charge is 0.341 e. The van der Waals surface area contributed by atoms with E-state index in [0.717, 1.165) is 25.7 Å². The molecule has 0 aromatic rings. The van der Waals surface area contributed by atoms with E-state index in [1.807, 2.05) is 11.9 Å². The number of amides is 1. The molecule has 2 fully saturated rings. The van der Waals surface area contributed by atoms with E-state index < -0.39 is 5.54 Å². The molecule has 3 nitrogen and oxygen atoms in total. The van der Waals surface area contributed by atoms with E-state index in [1.54, 1.807) is 0 Å². The fourth-order valence-electron chi connectivity index (χ4n) is 3.03. The van der Waals surface area contributed by atoms with E-state index in [0.29, 0.717) is 6.04 Å². The van der Waals surface area contributed by atoms with Crippen molar-refractivity contribution < 1.29 is 4.79 Å². The summed E-state index contributed by atoms with van der Waals surface area (Å²) in [5.41, 5.74) is 5.65. The van der Waals surface area contributed by atoms with E-state index in [1.165, 1.54) is 25.7 Å². The smallest absolute Gasteiger partial charge is 0.242 e. The highest BCUT2D eigenvalue weighted by atomic mass is 16.2. The maximum absolute atomic E-state index is 12.3. The van der Waals surface area contributed by atoms with Gasteiger partial charge in [-0.05, 0) is 25.7 Å². The van der Waals surface area contributed by atoms with Crippen LogP contribution in [0.4, 0.5) is 0 Å². The van der Waals surface area contributed by atoms with Crippen LogP contribution in [0.5, 0.6) is 0 Å². The van der Waals surface area contributed by atoms with Gasteiger partial charge in [-0.15, -0.1) is 0 Å². The molecule has 1 amide bonds. The number of nitrogens with zero attached hydrogens (tertiary/aromatic N) is 1. The van der Waals surface area contributed by atoms with E-state index in [2.05, 4.69) is 0 Å². The first-order chi connectivity index (χ1) is 7.13. The Labute approximate surface area is 92.0 Å². The molecule has 2 saturated carbocycles. The van der Waals surface area contributed by atoms with Gasteiger partial charge in [0.05, 0.1) is 5.54 Å². The number of hydrogen-bond acceptors (Lipinski definition) is 2. The van der Waals surface area contributed by atoms with E-state index >= 15 is 0 Å². The highest BCUT2D eigenvalue weighted by Crippen LogP contribution is 2.31. The number of likely N-dealkylation sites (N-methyl/N-ethyl adjacent to an activating group) is 1. The molecular formula is C12H22N2O. The molecule has 0 saturated heterocycles. The third kappa shape index (κ3) is 2.03. The number of hydrogen-bond donors (Lipinski definition) is 1. The summed E-state index contributed by atoms with van der Waals surface area (Å²) in [4.78, 5) is 14.2. The molecule has 0 spiro atoms. The van der Waals surface area contributed by atoms with Crippen molar-refractivity contribution in [1.82, 2.24) is 4.90 Å². The van der Waals surface area contributed by atoms with Gasteiger partial charge in [0.2, 0.25) is 5.91 Å². The molecule has 86 valence electrons. The molecule has 0 aromatic carbocycles. The molecule has 15 heavy (non-hydrogen) atoms. The van der Waals surface area contributed by atoms with Crippen LogP contribution in [0.25, 0.3) is 0 Å². The lowest BCUT2D eigenvalue weighted by Crippen LogP contribution is -2.54. The van der Waals surface area contributed by atoms with Crippen LogP contribution < -0.4 is 5.73 Å². The number of rotatable bonds is 2. The predicted octanol–water partition coefficient (Wildman–Crippen LogP) is 1.66. The zero-order valence-electron chi connectivity index (χ0n) is 9.67. The van der Waals surface area contributed by atoms with Gasteiger partial charge in [0.15, 0.2) is 0 Å². The van der Waals surface area contributed by atoms with E-state index in [4.69, 9.17) is 5.73 Å². The molecule has 0 unspecified atom stereocenters. The van der Waals surface area contributed by atoms with Crippen molar-refractivity contribution >= 4 is 5.91 Å². The summed E-state index contributed by atoms with van der Waals surface area (Å²) in [6.07, 6.45) is 8.84. The van der Waals surface area contributed by atoms with Crippen molar-refractivity contribution in [2.75, 3.05) is 7.05 Å². The zero-order valence-corrected chi connectivity index (χ0v) is 9.67. The Morgan fingerprint density at radius 1 is 1.20 bits per heavy atom. The maximum Gasteiger partial charge on any atom is 0.242 e. The van der Waals surface area contributed by atoms with Crippen molar-refractivity contribution in [2.45, 2.75) is 62.9 Å². The second kappa shape index (κ2) is 4.12. The van der Waals surface area contributed by atoms with Crippen LogP contribution in [0.15, 0.2) is 0 Å². The zero-order chi connectivity index (χ0) is 10.9. The fourth-order valence-corrected chi connectivity index (χ4v) is 3.03. The van der Waals surface area contributed by atoms with E-state index in [-0.39, 0.29) is 5.91 Å². The molecule has 2 rings (SSSR count). The first-order valence-corrected chi connectivity index (χ1v) is 6.20. The third-order valence-corrected chi connectivity index (χ3v) is 4.11. The first kappa shape index (κ1) is 10.9. The molecule has 3 heteroatoms. The van der Waals surface area contributed by atoms with Crippen molar-refractivity contribution in [3.05, 3.63) is 0 Å². The van der Waals surface area contributed by atoms with Crippen molar-refractivity contribution in [3.8, 4) is 0 Å². The monoisotopic (exact) mass is 210 g/mol. The minimum absolute atomic E-state index is 0.187. The summed E-state index contributed by atoms with van der Waals surface area (Å²) in [6, 6.07) is 0.457. The SMILES string of the molecule is CN(C(=O)C1(N)CCCC1)C1CCCC1. The lowest BCUT2D eigenvalue weighted by Gasteiger charge is -2.32.